The molecule has 0 aliphatic carbocycles. The third-order valence-corrected chi connectivity index (χ3v) is 3.21. The van der Waals surface area contributed by atoms with Crippen molar-refractivity contribution in [3.05, 3.63) is 11.1 Å². The lowest BCUT2D eigenvalue weighted by Gasteiger charge is -2.20. The van der Waals surface area contributed by atoms with Crippen LogP contribution in [0.4, 0.5) is 5.13 Å². The molecule has 4 heteroatoms. The van der Waals surface area contributed by atoms with Gasteiger partial charge in [-0.2, -0.15) is 0 Å². The van der Waals surface area contributed by atoms with Crippen molar-refractivity contribution in [1.82, 2.24) is 10.3 Å². The van der Waals surface area contributed by atoms with E-state index in [9.17, 15) is 0 Å². The summed E-state index contributed by atoms with van der Waals surface area (Å²) in [6, 6.07) is 0.557. The molecular weight excluding hydrogens is 206 g/mol. The molecule has 0 aliphatic heterocycles. The summed E-state index contributed by atoms with van der Waals surface area (Å²) < 4.78 is 0. The van der Waals surface area contributed by atoms with Gasteiger partial charge in [-0.25, -0.2) is 4.98 Å². The number of anilines is 1. The Hall–Kier alpha value is -0.610. The zero-order valence-corrected chi connectivity index (χ0v) is 10.9. The molecule has 0 atom stereocenters. The highest BCUT2D eigenvalue weighted by Gasteiger charge is 2.07. The molecule has 0 fully saturated rings. The number of nitrogens with zero attached hydrogens (tertiary/aromatic N) is 2. The maximum Gasteiger partial charge on any atom is 0.185 e. The van der Waals surface area contributed by atoms with Gasteiger partial charge < -0.3 is 10.2 Å². The largest absolute Gasteiger partial charge is 0.347 e. The summed E-state index contributed by atoms with van der Waals surface area (Å²) in [5, 5.41) is 6.67. The summed E-state index contributed by atoms with van der Waals surface area (Å²) in [6.07, 6.45) is 0. The summed E-state index contributed by atoms with van der Waals surface area (Å²) in [4.78, 5) is 6.81. The van der Waals surface area contributed by atoms with Gasteiger partial charge in [-0.15, -0.1) is 11.3 Å². The van der Waals surface area contributed by atoms with E-state index in [1.165, 1.54) is 0 Å². The molecule has 0 radical (unpaired) electrons. The number of thiazole rings is 1. The van der Waals surface area contributed by atoms with E-state index in [2.05, 4.69) is 41.4 Å². The molecule has 0 aliphatic rings. The third kappa shape index (κ3) is 4.18. The first kappa shape index (κ1) is 12.5. The van der Waals surface area contributed by atoms with Crippen molar-refractivity contribution in [3.63, 3.8) is 0 Å². The Labute approximate surface area is 96.5 Å². The van der Waals surface area contributed by atoms with E-state index in [4.69, 9.17) is 0 Å². The zero-order valence-electron chi connectivity index (χ0n) is 10.1. The van der Waals surface area contributed by atoms with Gasteiger partial charge in [-0.1, -0.05) is 13.8 Å². The molecule has 1 aromatic heterocycles. The van der Waals surface area contributed by atoms with Gasteiger partial charge in [0.25, 0.3) is 0 Å². The van der Waals surface area contributed by atoms with Crippen LogP contribution in [0.3, 0.4) is 0 Å². The predicted molar refractivity (Wildman–Crippen MR) is 67.9 cm³/mol. The van der Waals surface area contributed by atoms with Gasteiger partial charge in [-0.05, 0) is 13.8 Å². The molecule has 1 rings (SSSR count). The maximum atomic E-state index is 4.50. The number of aromatic nitrogens is 1. The number of rotatable bonds is 6. The van der Waals surface area contributed by atoms with Gasteiger partial charge in [0.2, 0.25) is 0 Å². The number of aryl methyl sites for hydroxylation is 1. The Morgan fingerprint density at radius 1 is 1.53 bits per heavy atom. The summed E-state index contributed by atoms with van der Waals surface area (Å²) in [7, 11) is 0. The van der Waals surface area contributed by atoms with Crippen LogP contribution >= 0.6 is 11.3 Å². The van der Waals surface area contributed by atoms with Gasteiger partial charge in [0.1, 0.15) is 0 Å². The lowest BCUT2D eigenvalue weighted by atomic mass is 10.4. The molecule has 1 heterocycles. The standard InChI is InChI=1S/C11H21N3S/c1-5-14(7-6-12-9(2)3)11-13-10(4)8-15-11/h8-9,12H,5-7H2,1-4H3. The van der Waals surface area contributed by atoms with Crippen molar-refractivity contribution >= 4 is 16.5 Å². The average Bonchev–Trinajstić information content (AvgIpc) is 2.59. The van der Waals surface area contributed by atoms with Crippen molar-refractivity contribution in [2.45, 2.75) is 33.7 Å². The van der Waals surface area contributed by atoms with E-state index in [0.717, 1.165) is 30.5 Å². The number of hydrogen-bond acceptors (Lipinski definition) is 4. The molecule has 1 N–H and O–H groups in total. The van der Waals surface area contributed by atoms with Crippen molar-refractivity contribution in [3.8, 4) is 0 Å². The van der Waals surface area contributed by atoms with E-state index in [0.29, 0.717) is 6.04 Å². The van der Waals surface area contributed by atoms with Crippen LogP contribution in [0, 0.1) is 6.92 Å². The second kappa shape index (κ2) is 6.08. The Balaban J connectivity index is 2.42. The first-order valence-electron chi connectivity index (χ1n) is 5.54. The second-order valence-electron chi connectivity index (χ2n) is 3.96. The molecule has 15 heavy (non-hydrogen) atoms. The molecule has 0 aromatic carbocycles. The zero-order chi connectivity index (χ0) is 11.3. The topological polar surface area (TPSA) is 28.2 Å². The van der Waals surface area contributed by atoms with Crippen LogP contribution in [-0.2, 0) is 0 Å². The predicted octanol–water partition coefficient (Wildman–Crippen LogP) is 2.28. The van der Waals surface area contributed by atoms with Gasteiger partial charge in [-0.3, -0.25) is 0 Å². The highest BCUT2D eigenvalue weighted by Crippen LogP contribution is 2.19. The normalized spacial score (nSPS) is 11.0. The quantitative estimate of drug-likeness (QED) is 0.808. The third-order valence-electron chi connectivity index (χ3n) is 2.19. The molecular formula is C11H21N3S. The molecule has 3 nitrogen and oxygen atoms in total. The Morgan fingerprint density at radius 2 is 2.27 bits per heavy atom. The Morgan fingerprint density at radius 3 is 2.73 bits per heavy atom. The Kier molecular flexibility index (Phi) is 5.05. The lowest BCUT2D eigenvalue weighted by molar-refractivity contribution is 0.583. The summed E-state index contributed by atoms with van der Waals surface area (Å²) in [5.41, 5.74) is 1.12. The minimum absolute atomic E-state index is 0.557. The smallest absolute Gasteiger partial charge is 0.185 e. The molecule has 0 spiro atoms. The van der Waals surface area contributed by atoms with E-state index >= 15 is 0 Å². The van der Waals surface area contributed by atoms with Crippen molar-refractivity contribution in [2.24, 2.45) is 0 Å². The minimum atomic E-state index is 0.557. The SMILES string of the molecule is CCN(CCNC(C)C)c1nc(C)cs1. The molecule has 0 saturated carbocycles. The first-order chi connectivity index (χ1) is 7.13. The number of hydrogen-bond donors (Lipinski definition) is 1. The van der Waals surface area contributed by atoms with Crippen molar-refractivity contribution in [1.29, 1.82) is 0 Å². The molecule has 86 valence electrons. The van der Waals surface area contributed by atoms with Crippen LogP contribution in [-0.4, -0.2) is 30.7 Å². The van der Waals surface area contributed by atoms with Crippen LogP contribution in [0.2, 0.25) is 0 Å². The number of nitrogens with one attached hydrogen (secondary N) is 1. The summed E-state index contributed by atoms with van der Waals surface area (Å²) in [6.45, 7) is 11.6. The fraction of sp³-hybridized carbons (Fsp3) is 0.727. The number of likely N-dealkylation sites (N-methyl/N-ethyl adjacent to an activating group) is 1. The summed E-state index contributed by atoms with van der Waals surface area (Å²) >= 11 is 1.73. The van der Waals surface area contributed by atoms with E-state index in [-0.39, 0.29) is 0 Å². The van der Waals surface area contributed by atoms with Gasteiger partial charge >= 0.3 is 0 Å². The van der Waals surface area contributed by atoms with Crippen molar-refractivity contribution < 1.29 is 0 Å². The molecule has 0 unspecified atom stereocenters. The van der Waals surface area contributed by atoms with Gasteiger partial charge in [0.15, 0.2) is 5.13 Å². The fourth-order valence-corrected chi connectivity index (χ4v) is 2.26. The lowest BCUT2D eigenvalue weighted by Crippen LogP contribution is -2.34. The maximum absolute atomic E-state index is 4.50. The molecule has 1 aromatic rings. The van der Waals surface area contributed by atoms with Gasteiger partial charge in [0, 0.05) is 31.1 Å². The molecule has 0 saturated heterocycles. The van der Waals surface area contributed by atoms with E-state index in [1.54, 1.807) is 11.3 Å². The monoisotopic (exact) mass is 227 g/mol. The van der Waals surface area contributed by atoms with Crippen molar-refractivity contribution in [2.75, 3.05) is 24.5 Å². The van der Waals surface area contributed by atoms with Crippen LogP contribution in [0.1, 0.15) is 26.5 Å². The molecule has 0 bridgehead atoms. The highest BCUT2D eigenvalue weighted by atomic mass is 32.1. The van der Waals surface area contributed by atoms with Crippen LogP contribution in [0.25, 0.3) is 0 Å². The van der Waals surface area contributed by atoms with Crippen LogP contribution in [0.15, 0.2) is 5.38 Å². The first-order valence-corrected chi connectivity index (χ1v) is 6.42. The highest BCUT2D eigenvalue weighted by molar-refractivity contribution is 7.13. The van der Waals surface area contributed by atoms with Gasteiger partial charge in [0.05, 0.1) is 5.69 Å². The average molecular weight is 227 g/mol. The van der Waals surface area contributed by atoms with Crippen LogP contribution in [0.5, 0.6) is 0 Å². The second-order valence-corrected chi connectivity index (χ2v) is 4.80. The fourth-order valence-electron chi connectivity index (χ4n) is 1.36. The molecule has 0 amide bonds. The summed E-state index contributed by atoms with van der Waals surface area (Å²) in [5.74, 6) is 0. The Bertz CT molecular complexity index is 283. The van der Waals surface area contributed by atoms with Crippen LogP contribution < -0.4 is 10.2 Å². The van der Waals surface area contributed by atoms with E-state index < -0.39 is 0 Å². The minimum Gasteiger partial charge on any atom is -0.347 e. The van der Waals surface area contributed by atoms with E-state index in [1.807, 2.05) is 6.92 Å².